The van der Waals surface area contributed by atoms with Crippen LogP contribution in [0.1, 0.15) is 25.1 Å². The lowest BCUT2D eigenvalue weighted by Crippen LogP contribution is -2.12. The van der Waals surface area contributed by atoms with Crippen LogP contribution in [0.25, 0.3) is 11.8 Å². The maximum absolute atomic E-state index is 11.1. The summed E-state index contributed by atoms with van der Waals surface area (Å²) in [5, 5.41) is 13.2. The van der Waals surface area contributed by atoms with Crippen molar-refractivity contribution in [3.63, 3.8) is 0 Å². The first-order chi connectivity index (χ1) is 14.5. The van der Waals surface area contributed by atoms with Gasteiger partial charge in [-0.3, -0.25) is 14.6 Å². The third-order valence-corrected chi connectivity index (χ3v) is 3.40. The first-order valence-electron chi connectivity index (χ1n) is 9.16. The van der Waals surface area contributed by atoms with E-state index in [9.17, 15) is 4.79 Å². The number of amides is 1. The maximum atomic E-state index is 11.1. The second kappa shape index (κ2) is 15.0. The second-order valence-electron chi connectivity index (χ2n) is 5.29. The van der Waals surface area contributed by atoms with Crippen LogP contribution in [0.4, 0.5) is 5.69 Å². The van der Waals surface area contributed by atoms with Crippen molar-refractivity contribution in [2.75, 3.05) is 0 Å². The molecule has 0 saturated carbocycles. The van der Waals surface area contributed by atoms with Gasteiger partial charge in [0.25, 0.3) is 0 Å². The van der Waals surface area contributed by atoms with E-state index in [0.29, 0.717) is 5.69 Å². The Hall–Kier alpha value is -4.00. The average Bonchev–Trinajstić information content (AvgIpc) is 2.78. The number of carbonyl (C=O) groups is 1. The summed E-state index contributed by atoms with van der Waals surface area (Å²) in [5.74, 6) is 0.215. The van der Waals surface area contributed by atoms with Crippen molar-refractivity contribution >= 4 is 24.9 Å². The number of nitrogens with two attached hydrogens (primary N) is 1. The van der Waals surface area contributed by atoms with E-state index < -0.39 is 0 Å². The van der Waals surface area contributed by atoms with Crippen molar-refractivity contribution in [2.45, 2.75) is 20.8 Å². The zero-order chi connectivity index (χ0) is 22.9. The number of aromatic hydroxyl groups is 1. The first-order valence-corrected chi connectivity index (χ1v) is 9.16. The highest BCUT2D eigenvalue weighted by atomic mass is 16.3. The van der Waals surface area contributed by atoms with Crippen LogP contribution >= 0.6 is 0 Å². The molecule has 7 heteroatoms. The number of phenolic OH excluding ortho intramolecular Hbond substituents is 1. The smallest absolute Gasteiger partial charge is 0.204 e. The van der Waals surface area contributed by atoms with Crippen LogP contribution in [0.3, 0.4) is 0 Å². The van der Waals surface area contributed by atoms with Gasteiger partial charge in [-0.1, -0.05) is 44.7 Å². The van der Waals surface area contributed by atoms with Gasteiger partial charge < -0.3 is 10.8 Å². The minimum atomic E-state index is -0.0304. The third kappa shape index (κ3) is 8.79. The maximum Gasteiger partial charge on any atom is 0.204 e. The number of rotatable bonds is 3. The number of nitrogens with zero attached hydrogens (tertiary/aromatic N) is 3. The van der Waals surface area contributed by atoms with E-state index in [1.807, 2.05) is 44.2 Å². The molecule has 3 aromatic rings. The third-order valence-electron chi connectivity index (χ3n) is 3.40. The first kappa shape index (κ1) is 26.0. The zero-order valence-corrected chi connectivity index (χ0v) is 17.5. The molecule has 158 valence electrons. The molecule has 30 heavy (non-hydrogen) atoms. The van der Waals surface area contributed by atoms with Crippen LogP contribution in [0, 0.1) is 6.92 Å². The molecule has 1 heterocycles. The van der Waals surface area contributed by atoms with E-state index in [-0.39, 0.29) is 17.6 Å². The normalized spacial score (nSPS) is 8.63. The minimum Gasteiger partial charge on any atom is -0.508 e. The van der Waals surface area contributed by atoms with Gasteiger partial charge in [-0.25, -0.2) is 4.68 Å². The molecule has 0 aliphatic heterocycles. The number of aryl methyl sites for hydroxylation is 1. The molecule has 0 fully saturated rings. The Kier molecular flexibility index (Phi) is 13.0. The summed E-state index contributed by atoms with van der Waals surface area (Å²) in [4.78, 5) is 23.5. The van der Waals surface area contributed by atoms with E-state index in [4.69, 9.17) is 9.90 Å². The molecule has 7 nitrogen and oxygen atoms in total. The lowest BCUT2D eigenvalue weighted by Gasteiger charge is -2.04. The van der Waals surface area contributed by atoms with Crippen LogP contribution in [-0.4, -0.2) is 28.0 Å². The molecule has 1 aromatic heterocycles. The van der Waals surface area contributed by atoms with Gasteiger partial charge in [0.15, 0.2) is 0 Å². The van der Waals surface area contributed by atoms with Crippen LogP contribution in [-0.2, 0) is 4.79 Å². The fourth-order valence-electron chi connectivity index (χ4n) is 2.08. The highest BCUT2D eigenvalue weighted by molar-refractivity contribution is 5.66. The largest absolute Gasteiger partial charge is 0.508 e. The molecule has 0 atom stereocenters. The number of primary amides is 1. The van der Waals surface area contributed by atoms with Crippen LogP contribution in [0.15, 0.2) is 77.2 Å². The van der Waals surface area contributed by atoms with E-state index in [1.165, 1.54) is 6.07 Å². The van der Waals surface area contributed by atoms with Crippen LogP contribution in [0.2, 0.25) is 0 Å². The fraction of sp³-hybridized carbons (Fsp3) is 0.130. The molecule has 0 aliphatic rings. The van der Waals surface area contributed by atoms with Crippen molar-refractivity contribution in [3.8, 4) is 11.4 Å². The Balaban J connectivity index is 0.000000472. The number of benzene rings is 2. The summed E-state index contributed by atoms with van der Waals surface area (Å²) < 4.78 is 1.69. The van der Waals surface area contributed by atoms with Gasteiger partial charge in [-0.15, -0.1) is 0 Å². The molecular formula is C23H28N4O3. The summed E-state index contributed by atoms with van der Waals surface area (Å²) in [6, 6.07) is 16.1. The molecular weight excluding hydrogens is 380 g/mol. The molecule has 0 saturated heterocycles. The number of hydrogen-bond donors (Lipinski definition) is 2. The van der Waals surface area contributed by atoms with Gasteiger partial charge in [0, 0.05) is 17.8 Å². The fourth-order valence-corrected chi connectivity index (χ4v) is 2.08. The van der Waals surface area contributed by atoms with E-state index >= 15 is 0 Å². The lowest BCUT2D eigenvalue weighted by molar-refractivity contribution is -0.106. The predicted molar refractivity (Wildman–Crippen MR) is 124 cm³/mol. The summed E-state index contributed by atoms with van der Waals surface area (Å²) in [6.45, 7) is 12.7. The van der Waals surface area contributed by atoms with Gasteiger partial charge in [-0.2, -0.15) is 5.10 Å². The number of carbonyl (C=O) groups excluding carboxylic acids is 1. The molecule has 0 bridgehead atoms. The Morgan fingerprint density at radius 3 is 2.23 bits per heavy atom. The Morgan fingerprint density at radius 2 is 1.73 bits per heavy atom. The summed E-state index contributed by atoms with van der Waals surface area (Å²) in [6.07, 6.45) is 3.55. The lowest BCUT2D eigenvalue weighted by atomic mass is 10.2. The summed E-state index contributed by atoms with van der Waals surface area (Å²) >= 11 is 0. The minimum absolute atomic E-state index is 0.0304. The zero-order valence-electron chi connectivity index (χ0n) is 17.5. The van der Waals surface area contributed by atoms with Gasteiger partial charge >= 0.3 is 0 Å². The van der Waals surface area contributed by atoms with Crippen molar-refractivity contribution in [3.05, 3.63) is 88.9 Å². The van der Waals surface area contributed by atoms with E-state index in [1.54, 1.807) is 42.1 Å². The highest BCUT2D eigenvalue weighted by Crippen LogP contribution is 2.23. The van der Waals surface area contributed by atoms with E-state index in [0.717, 1.165) is 16.9 Å². The summed E-state index contributed by atoms with van der Waals surface area (Å²) in [7, 11) is 0. The number of aliphatic imine (C=N–C) groups is 1. The Morgan fingerprint density at radius 1 is 1.13 bits per heavy atom. The Bertz CT molecular complexity index is 983. The topological polar surface area (TPSA) is 111 Å². The van der Waals surface area contributed by atoms with Gasteiger partial charge in [-0.05, 0) is 44.0 Å². The van der Waals surface area contributed by atoms with Gasteiger partial charge in [0.2, 0.25) is 11.8 Å². The SMILES string of the molecule is C=Cc1cc(O)ccc1N=C.CC.Cc1nn(-c2ccccc2)ccc1=O.NC=O. The Labute approximate surface area is 176 Å². The monoisotopic (exact) mass is 408 g/mol. The van der Waals surface area contributed by atoms with Gasteiger partial charge in [0.05, 0.1) is 11.4 Å². The van der Waals surface area contributed by atoms with E-state index in [2.05, 4.69) is 29.1 Å². The number of hydrogen-bond acceptors (Lipinski definition) is 5. The van der Waals surface area contributed by atoms with Gasteiger partial charge in [0.1, 0.15) is 11.4 Å². The molecule has 0 aliphatic carbocycles. The van der Waals surface area contributed by atoms with Crippen LogP contribution in [0.5, 0.6) is 5.75 Å². The molecule has 3 N–H and O–H groups in total. The molecule has 0 unspecified atom stereocenters. The predicted octanol–water partition coefficient (Wildman–Crippen LogP) is 4.04. The molecule has 2 aromatic carbocycles. The number of aromatic nitrogens is 2. The highest BCUT2D eigenvalue weighted by Gasteiger charge is 1.97. The standard InChI is InChI=1S/C11H10N2O.C9H9NO.C2H6.CH3NO/c1-9-11(14)7-8-13(12-9)10-5-3-2-4-6-10;1-3-7-6-8(11)4-5-9(7)10-2;1-2;2-1-3/h2-8H,1H3;3-6,11H,1-2H2;1-2H3;1H,(H2,2,3). The number of phenols is 1. The summed E-state index contributed by atoms with van der Waals surface area (Å²) in [5.41, 5.74) is 7.13. The average molecular weight is 409 g/mol. The quantitative estimate of drug-likeness (QED) is 0.503. The van der Waals surface area contributed by atoms with Crippen LogP contribution < -0.4 is 11.2 Å². The molecule has 0 spiro atoms. The molecule has 0 radical (unpaired) electrons. The van der Waals surface area contributed by atoms with Crippen molar-refractivity contribution in [1.82, 2.24) is 9.78 Å². The van der Waals surface area contributed by atoms with Crippen molar-refractivity contribution < 1.29 is 9.90 Å². The van der Waals surface area contributed by atoms with Crippen molar-refractivity contribution in [1.29, 1.82) is 0 Å². The molecule has 1 amide bonds. The van der Waals surface area contributed by atoms with Crippen molar-refractivity contribution in [2.24, 2.45) is 10.7 Å². The molecule has 3 rings (SSSR count). The number of para-hydroxylation sites is 1. The second-order valence-corrected chi connectivity index (χ2v) is 5.29.